The van der Waals surface area contributed by atoms with Crippen molar-refractivity contribution in [3.8, 4) is 22.3 Å². The molecule has 0 spiro atoms. The quantitative estimate of drug-likeness (QED) is 0.398. The molecular formula is C34H50O. The summed E-state index contributed by atoms with van der Waals surface area (Å²) in [5.74, 6) is 2.22. The van der Waals surface area contributed by atoms with E-state index < -0.39 is 5.60 Å². The van der Waals surface area contributed by atoms with Crippen LogP contribution >= 0.6 is 0 Å². The van der Waals surface area contributed by atoms with Crippen LogP contribution in [-0.2, 0) is 5.60 Å². The Balaban J connectivity index is 0.000000668. The predicted octanol–water partition coefficient (Wildman–Crippen LogP) is 10.3. The van der Waals surface area contributed by atoms with Gasteiger partial charge in [0.1, 0.15) is 0 Å². The molecule has 0 radical (unpaired) electrons. The van der Waals surface area contributed by atoms with Crippen LogP contribution in [0.4, 0.5) is 0 Å². The normalized spacial score (nSPS) is 11.2. The Morgan fingerprint density at radius 1 is 0.571 bits per heavy atom. The van der Waals surface area contributed by atoms with Crippen molar-refractivity contribution in [3.05, 3.63) is 82.9 Å². The first kappa shape index (κ1) is 30.7. The van der Waals surface area contributed by atoms with E-state index in [1.807, 2.05) is 19.9 Å². The molecule has 0 aliphatic heterocycles. The zero-order valence-electron chi connectivity index (χ0n) is 24.5. The van der Waals surface area contributed by atoms with Gasteiger partial charge in [0.15, 0.2) is 0 Å². The van der Waals surface area contributed by atoms with Crippen LogP contribution < -0.4 is 0 Å². The van der Waals surface area contributed by atoms with Gasteiger partial charge in [-0.2, -0.15) is 0 Å². The molecular weight excluding hydrogens is 424 g/mol. The highest BCUT2D eigenvalue weighted by molar-refractivity contribution is 5.75. The highest BCUT2D eigenvalue weighted by atomic mass is 16.3. The van der Waals surface area contributed by atoms with Crippen molar-refractivity contribution in [1.29, 1.82) is 0 Å². The van der Waals surface area contributed by atoms with Crippen molar-refractivity contribution in [3.63, 3.8) is 0 Å². The van der Waals surface area contributed by atoms with Crippen molar-refractivity contribution >= 4 is 0 Å². The molecule has 0 aliphatic carbocycles. The first-order chi connectivity index (χ1) is 16.1. The van der Waals surface area contributed by atoms with Crippen LogP contribution in [0.2, 0.25) is 0 Å². The third-order valence-electron chi connectivity index (χ3n) is 5.36. The van der Waals surface area contributed by atoms with Gasteiger partial charge in [0.05, 0.1) is 5.60 Å². The predicted molar refractivity (Wildman–Crippen MR) is 157 cm³/mol. The second-order valence-corrected chi connectivity index (χ2v) is 11.9. The van der Waals surface area contributed by atoms with Crippen molar-refractivity contribution in [2.75, 3.05) is 0 Å². The summed E-state index contributed by atoms with van der Waals surface area (Å²) in [4.78, 5) is 0. The van der Waals surface area contributed by atoms with Gasteiger partial charge < -0.3 is 5.11 Å². The van der Waals surface area contributed by atoms with Gasteiger partial charge in [-0.3, -0.25) is 0 Å². The summed E-state index contributed by atoms with van der Waals surface area (Å²) in [6.45, 7) is 25.4. The van der Waals surface area contributed by atoms with Gasteiger partial charge in [-0.05, 0) is 90.0 Å². The fraction of sp³-hybridized carbons (Fsp3) is 0.471. The third-order valence-corrected chi connectivity index (χ3v) is 5.36. The number of hydrogen-bond acceptors (Lipinski definition) is 1. The SMILES string of the molecule is CC(C)C.CC(C)C.Cc1cc(-c2ccc(C(C)C)cc2)ccc1-c1ccc(C(C)(C)O)cc1C. The molecule has 0 bridgehead atoms. The molecule has 3 aromatic carbocycles. The third kappa shape index (κ3) is 10.4. The first-order valence-corrected chi connectivity index (χ1v) is 13.2. The van der Waals surface area contributed by atoms with Crippen molar-refractivity contribution in [2.45, 2.75) is 94.6 Å². The number of aryl methyl sites for hydroxylation is 2. The molecule has 0 fully saturated rings. The molecule has 0 aromatic heterocycles. The Bertz CT molecular complexity index is 1020. The first-order valence-electron chi connectivity index (χ1n) is 13.2. The average molecular weight is 475 g/mol. The van der Waals surface area contributed by atoms with Crippen LogP contribution in [0, 0.1) is 25.7 Å². The number of benzene rings is 3. The summed E-state index contributed by atoms with van der Waals surface area (Å²) in [6, 6.07) is 21.8. The summed E-state index contributed by atoms with van der Waals surface area (Å²) in [5, 5.41) is 10.2. The lowest BCUT2D eigenvalue weighted by Gasteiger charge is -2.20. The molecule has 0 heterocycles. The molecule has 0 saturated heterocycles. The van der Waals surface area contributed by atoms with E-state index in [9.17, 15) is 5.11 Å². The number of hydrogen-bond donors (Lipinski definition) is 1. The minimum absolute atomic E-state index is 0.554. The van der Waals surface area contributed by atoms with Gasteiger partial charge in [0.25, 0.3) is 0 Å². The summed E-state index contributed by atoms with van der Waals surface area (Å²) >= 11 is 0. The molecule has 1 N–H and O–H groups in total. The summed E-state index contributed by atoms with van der Waals surface area (Å²) in [6.07, 6.45) is 0. The zero-order chi connectivity index (χ0) is 26.9. The van der Waals surface area contributed by atoms with Crippen molar-refractivity contribution in [1.82, 2.24) is 0 Å². The average Bonchev–Trinajstić information content (AvgIpc) is 2.72. The Morgan fingerprint density at radius 2 is 0.971 bits per heavy atom. The summed E-state index contributed by atoms with van der Waals surface area (Å²) in [5.41, 5.74) is 8.92. The lowest BCUT2D eigenvalue weighted by molar-refractivity contribution is 0.0785. The minimum atomic E-state index is -0.815. The number of rotatable bonds is 4. The van der Waals surface area contributed by atoms with E-state index in [0.717, 1.165) is 17.4 Å². The van der Waals surface area contributed by atoms with E-state index in [1.165, 1.54) is 38.9 Å². The lowest BCUT2D eigenvalue weighted by Crippen LogP contribution is -2.15. The standard InChI is InChI=1S/C26H30O.2C4H10/c1-17(2)20-7-9-21(10-8-20)22-11-13-24(18(3)15-22)25-14-12-23(16-19(25)4)26(5,6)27;2*1-4(2)3/h7-17,27H,1-6H3;2*4H,1-3H3. The van der Waals surface area contributed by atoms with E-state index in [2.05, 4.69) is 124 Å². The van der Waals surface area contributed by atoms with Crippen molar-refractivity contribution in [2.24, 2.45) is 11.8 Å². The van der Waals surface area contributed by atoms with Gasteiger partial charge in [0.2, 0.25) is 0 Å². The van der Waals surface area contributed by atoms with Gasteiger partial charge >= 0.3 is 0 Å². The smallest absolute Gasteiger partial charge is 0.0840 e. The maximum Gasteiger partial charge on any atom is 0.0840 e. The van der Waals surface area contributed by atoms with Crippen LogP contribution in [0.3, 0.4) is 0 Å². The van der Waals surface area contributed by atoms with Crippen molar-refractivity contribution < 1.29 is 5.11 Å². The monoisotopic (exact) mass is 474 g/mol. The van der Waals surface area contributed by atoms with Crippen LogP contribution in [0.25, 0.3) is 22.3 Å². The minimum Gasteiger partial charge on any atom is -0.386 e. The van der Waals surface area contributed by atoms with Gasteiger partial charge in [-0.15, -0.1) is 0 Å². The molecule has 3 aromatic rings. The molecule has 0 unspecified atom stereocenters. The van der Waals surface area contributed by atoms with Crippen LogP contribution in [0.15, 0.2) is 60.7 Å². The molecule has 3 rings (SSSR count). The Hall–Kier alpha value is -2.38. The van der Waals surface area contributed by atoms with E-state index in [0.29, 0.717) is 5.92 Å². The summed E-state index contributed by atoms with van der Waals surface area (Å²) in [7, 11) is 0. The molecule has 0 atom stereocenters. The largest absolute Gasteiger partial charge is 0.386 e. The Labute approximate surface area is 216 Å². The lowest BCUT2D eigenvalue weighted by atomic mass is 9.89. The molecule has 0 saturated carbocycles. The topological polar surface area (TPSA) is 20.2 Å². The Kier molecular flexibility index (Phi) is 11.9. The molecule has 0 amide bonds. The van der Waals surface area contributed by atoms with Gasteiger partial charge in [-0.25, -0.2) is 0 Å². The van der Waals surface area contributed by atoms with Gasteiger partial charge in [0, 0.05) is 0 Å². The highest BCUT2D eigenvalue weighted by Crippen LogP contribution is 2.33. The summed E-state index contributed by atoms with van der Waals surface area (Å²) < 4.78 is 0. The second kappa shape index (κ2) is 13.6. The zero-order valence-corrected chi connectivity index (χ0v) is 24.5. The van der Waals surface area contributed by atoms with Gasteiger partial charge in [-0.1, -0.05) is 116 Å². The van der Waals surface area contributed by atoms with E-state index in [-0.39, 0.29) is 0 Å². The molecule has 0 aliphatic rings. The molecule has 192 valence electrons. The molecule has 1 heteroatoms. The van der Waals surface area contributed by atoms with Crippen LogP contribution in [0.1, 0.15) is 97.4 Å². The Morgan fingerprint density at radius 3 is 1.34 bits per heavy atom. The second-order valence-electron chi connectivity index (χ2n) is 11.9. The van der Waals surface area contributed by atoms with E-state index >= 15 is 0 Å². The fourth-order valence-electron chi connectivity index (χ4n) is 3.55. The van der Waals surface area contributed by atoms with Crippen LogP contribution in [0.5, 0.6) is 0 Å². The highest BCUT2D eigenvalue weighted by Gasteiger charge is 2.17. The number of aliphatic hydroxyl groups is 1. The molecule has 1 nitrogen and oxygen atoms in total. The van der Waals surface area contributed by atoms with Crippen LogP contribution in [-0.4, -0.2) is 5.11 Å². The van der Waals surface area contributed by atoms with E-state index in [1.54, 1.807) is 0 Å². The fourth-order valence-corrected chi connectivity index (χ4v) is 3.55. The molecule has 35 heavy (non-hydrogen) atoms. The maximum atomic E-state index is 10.2. The van der Waals surface area contributed by atoms with E-state index in [4.69, 9.17) is 0 Å². The maximum absolute atomic E-state index is 10.2.